The molecule has 0 spiro atoms. The van der Waals surface area contributed by atoms with Gasteiger partial charge in [0, 0.05) is 22.1 Å². The van der Waals surface area contributed by atoms with Crippen LogP contribution in [0, 0.1) is 0 Å². The first-order valence-corrected chi connectivity index (χ1v) is 8.38. The summed E-state index contributed by atoms with van der Waals surface area (Å²) >= 11 is 11.3. The van der Waals surface area contributed by atoms with E-state index in [-0.39, 0.29) is 0 Å². The van der Waals surface area contributed by atoms with Crippen LogP contribution in [-0.4, -0.2) is 27.4 Å². The molecular formula is C10H15ClIN3S2. The number of hydrogen-bond donors (Lipinski definition) is 1. The predicted molar refractivity (Wildman–Crippen MR) is 90.6 cm³/mol. The molecular weight excluding hydrogens is 389 g/mol. The van der Waals surface area contributed by atoms with Crippen LogP contribution >= 0.6 is 58.0 Å². The van der Waals surface area contributed by atoms with E-state index < -0.39 is 0 Å². The van der Waals surface area contributed by atoms with Crippen molar-refractivity contribution in [3.05, 3.63) is 11.1 Å². The maximum absolute atomic E-state index is 5.77. The first-order valence-electron chi connectivity index (χ1n) is 5.18. The van der Waals surface area contributed by atoms with Crippen LogP contribution in [0.1, 0.15) is 20.8 Å². The van der Waals surface area contributed by atoms with Crippen molar-refractivity contribution in [3.8, 4) is 0 Å². The van der Waals surface area contributed by atoms with Crippen LogP contribution < -0.4 is 5.32 Å². The van der Waals surface area contributed by atoms with Crippen molar-refractivity contribution < 1.29 is 0 Å². The van der Waals surface area contributed by atoms with Gasteiger partial charge in [0.1, 0.15) is 5.17 Å². The van der Waals surface area contributed by atoms with Gasteiger partial charge < -0.3 is 5.32 Å². The van der Waals surface area contributed by atoms with Crippen molar-refractivity contribution in [2.45, 2.75) is 32.1 Å². The van der Waals surface area contributed by atoms with Gasteiger partial charge in [0.25, 0.3) is 0 Å². The number of hydrogen-bond acceptors (Lipinski definition) is 4. The third-order valence-corrected chi connectivity index (χ3v) is 4.87. The number of nitrogens with one attached hydrogen (secondary N) is 1. The predicted octanol–water partition coefficient (Wildman–Crippen LogP) is 4.04. The molecule has 1 unspecified atom stereocenters. The van der Waals surface area contributed by atoms with Gasteiger partial charge in [-0.3, -0.25) is 0 Å². The Kier molecular flexibility index (Phi) is 7.28. The number of thioether (sulfide) groups is 2. The van der Waals surface area contributed by atoms with Gasteiger partial charge in [0.15, 0.2) is 5.17 Å². The van der Waals surface area contributed by atoms with Gasteiger partial charge >= 0.3 is 0 Å². The number of halogens is 2. The number of nitrogens with zero attached hydrogens (tertiary/aromatic N) is 2. The third-order valence-electron chi connectivity index (χ3n) is 1.85. The molecule has 0 aromatic rings. The van der Waals surface area contributed by atoms with Gasteiger partial charge in [-0.1, -0.05) is 37.2 Å². The molecule has 0 amide bonds. The summed E-state index contributed by atoms with van der Waals surface area (Å²) in [6, 6.07) is 0.292. The fraction of sp³-hybridized carbons (Fsp3) is 0.600. The van der Waals surface area contributed by atoms with E-state index in [0.29, 0.717) is 16.5 Å². The van der Waals surface area contributed by atoms with Gasteiger partial charge in [0.05, 0.1) is 28.9 Å². The largest absolute Gasteiger partial charge is 0.356 e. The zero-order valence-corrected chi connectivity index (χ0v) is 14.5. The van der Waals surface area contributed by atoms with E-state index in [0.717, 1.165) is 10.9 Å². The van der Waals surface area contributed by atoms with E-state index >= 15 is 0 Å². The number of aliphatic imine (C=N–C) groups is 1. The molecule has 96 valence electrons. The van der Waals surface area contributed by atoms with Crippen LogP contribution in [0.3, 0.4) is 0 Å². The maximum atomic E-state index is 5.77. The second-order valence-electron chi connectivity index (χ2n) is 3.72. The third kappa shape index (κ3) is 5.85. The molecule has 0 aliphatic carbocycles. The standard InChI is InChI=1S/C10H15ClIN3S2/c1-6(2)17-9(4-13-7(3)11)8-5-16-10(14-8)15-12/h4,6,8H,5H2,1-3H3,(H,14,15)/b9-4-,13-7+. The van der Waals surface area contributed by atoms with E-state index in [9.17, 15) is 0 Å². The Labute approximate surface area is 130 Å². The van der Waals surface area contributed by atoms with E-state index in [1.807, 2.05) is 40.8 Å². The minimum Gasteiger partial charge on any atom is -0.356 e. The average Bonchev–Trinajstić information content (AvgIpc) is 2.71. The average molecular weight is 404 g/mol. The smallest absolute Gasteiger partial charge is 0.167 e. The van der Waals surface area contributed by atoms with Gasteiger partial charge in [-0.05, 0) is 6.92 Å². The highest BCUT2D eigenvalue weighted by atomic mass is 127. The second kappa shape index (κ2) is 7.91. The quantitative estimate of drug-likeness (QED) is 0.568. The minimum absolute atomic E-state index is 0.292. The van der Waals surface area contributed by atoms with Crippen molar-refractivity contribution in [1.82, 2.24) is 5.32 Å². The van der Waals surface area contributed by atoms with Crippen LogP contribution in [0.15, 0.2) is 19.3 Å². The van der Waals surface area contributed by atoms with E-state index in [1.165, 1.54) is 4.91 Å². The highest BCUT2D eigenvalue weighted by Crippen LogP contribution is 2.30. The van der Waals surface area contributed by atoms with Crippen molar-refractivity contribution in [2.24, 2.45) is 8.20 Å². The second-order valence-corrected chi connectivity index (χ2v) is 7.41. The molecule has 0 bridgehead atoms. The fourth-order valence-corrected chi connectivity index (χ4v) is 3.76. The summed E-state index contributed by atoms with van der Waals surface area (Å²) in [6.45, 7) is 6.13. The van der Waals surface area contributed by atoms with Crippen LogP contribution in [-0.2, 0) is 0 Å². The Hall–Kier alpha value is 0.600. The molecule has 0 saturated carbocycles. The van der Waals surface area contributed by atoms with E-state index in [1.54, 1.807) is 18.7 Å². The van der Waals surface area contributed by atoms with Gasteiger partial charge in [-0.25, -0.2) is 4.99 Å². The molecule has 7 heteroatoms. The monoisotopic (exact) mass is 403 g/mol. The lowest BCUT2D eigenvalue weighted by molar-refractivity contribution is 0.831. The Bertz CT molecular complexity index is 351. The number of rotatable bonds is 4. The molecule has 1 rings (SSSR count). The van der Waals surface area contributed by atoms with Crippen LogP contribution in [0.2, 0.25) is 0 Å². The Morgan fingerprint density at radius 3 is 2.88 bits per heavy atom. The molecule has 1 aliphatic heterocycles. The lowest BCUT2D eigenvalue weighted by Crippen LogP contribution is -2.28. The summed E-state index contributed by atoms with van der Waals surface area (Å²) in [4.78, 5) is 5.39. The summed E-state index contributed by atoms with van der Waals surface area (Å²) in [6.07, 6.45) is 1.86. The Morgan fingerprint density at radius 2 is 2.41 bits per heavy atom. The molecule has 1 heterocycles. The summed E-state index contributed by atoms with van der Waals surface area (Å²) < 4.78 is 4.13. The van der Waals surface area contributed by atoms with Gasteiger partial charge in [0.2, 0.25) is 0 Å². The molecule has 17 heavy (non-hydrogen) atoms. The highest BCUT2D eigenvalue weighted by molar-refractivity contribution is 14.1. The zero-order chi connectivity index (χ0) is 12.8. The van der Waals surface area contributed by atoms with Crippen LogP contribution in [0.4, 0.5) is 0 Å². The van der Waals surface area contributed by atoms with Crippen molar-refractivity contribution >= 4 is 68.3 Å². The molecule has 1 fully saturated rings. The van der Waals surface area contributed by atoms with Crippen molar-refractivity contribution in [1.29, 1.82) is 0 Å². The summed E-state index contributed by atoms with van der Waals surface area (Å²) in [5, 5.41) is 5.44. The number of amidine groups is 1. The molecule has 0 aromatic heterocycles. The maximum Gasteiger partial charge on any atom is 0.167 e. The summed E-state index contributed by atoms with van der Waals surface area (Å²) in [5.74, 6) is 0.990. The Morgan fingerprint density at radius 1 is 1.71 bits per heavy atom. The SMILES string of the molecule is C/C(Cl)=N\C=C(/SC(C)C)C1CS/C(=N\I)N1. The highest BCUT2D eigenvalue weighted by Gasteiger charge is 2.24. The molecule has 0 radical (unpaired) electrons. The van der Waals surface area contributed by atoms with Gasteiger partial charge in [-0.2, -0.15) is 3.21 Å². The summed E-state index contributed by atoms with van der Waals surface area (Å²) in [5.41, 5.74) is 0. The lowest BCUT2D eigenvalue weighted by atomic mass is 10.3. The van der Waals surface area contributed by atoms with Crippen LogP contribution in [0.25, 0.3) is 0 Å². The van der Waals surface area contributed by atoms with E-state index in [2.05, 4.69) is 27.4 Å². The van der Waals surface area contributed by atoms with Crippen LogP contribution in [0.5, 0.6) is 0 Å². The van der Waals surface area contributed by atoms with E-state index in [4.69, 9.17) is 11.6 Å². The molecule has 3 nitrogen and oxygen atoms in total. The van der Waals surface area contributed by atoms with Crippen molar-refractivity contribution in [3.63, 3.8) is 0 Å². The van der Waals surface area contributed by atoms with Crippen molar-refractivity contribution in [2.75, 3.05) is 5.75 Å². The first kappa shape index (κ1) is 15.7. The molecule has 0 aromatic carbocycles. The lowest BCUT2D eigenvalue weighted by Gasteiger charge is -2.15. The molecule has 1 N–H and O–H groups in total. The Balaban J connectivity index is 2.77. The first-order chi connectivity index (χ1) is 8.02. The molecule has 1 atom stereocenters. The molecule has 1 aliphatic rings. The van der Waals surface area contributed by atoms with Gasteiger partial charge in [-0.15, -0.1) is 11.8 Å². The molecule has 1 saturated heterocycles. The fourth-order valence-electron chi connectivity index (χ4n) is 1.22. The zero-order valence-electron chi connectivity index (χ0n) is 9.91. The topological polar surface area (TPSA) is 36.8 Å². The summed E-state index contributed by atoms with van der Waals surface area (Å²) in [7, 11) is 0. The normalized spacial score (nSPS) is 24.6. The minimum atomic E-state index is 0.292.